The van der Waals surface area contributed by atoms with Gasteiger partial charge in [0, 0.05) is 17.4 Å². The highest BCUT2D eigenvalue weighted by atomic mass is 16.3. The molecule has 0 heterocycles. The molecule has 0 rings (SSSR count). The maximum absolute atomic E-state index is 10.3. The number of carbonyl (C=O) groups excluding carboxylic acids is 1. The highest BCUT2D eigenvalue weighted by molar-refractivity contribution is 6.09. The Balaban J connectivity index is 4.85. The predicted octanol–water partition coefficient (Wildman–Crippen LogP) is 0.0950. The topological polar surface area (TPSA) is 69.6 Å². The van der Waals surface area contributed by atoms with Crippen molar-refractivity contribution in [2.45, 2.75) is 39.6 Å². The Morgan fingerprint density at radius 1 is 1.44 bits per heavy atom. The summed E-state index contributed by atoms with van der Waals surface area (Å²) in [5, 5.41) is 22.2. The highest BCUT2D eigenvalue weighted by Gasteiger charge is 2.42. The number of hydrogen-bond donors (Lipinski definition) is 3. The van der Waals surface area contributed by atoms with Gasteiger partial charge in [0.15, 0.2) is 0 Å². The first-order valence-electron chi connectivity index (χ1n) is 5.56. The lowest BCUT2D eigenvalue weighted by molar-refractivity contribution is -0.111. The third kappa shape index (κ3) is 3.22. The number of hydrogen-bond acceptors (Lipinski definition) is 3. The second kappa shape index (κ2) is 6.25. The Bertz CT molecular complexity index is 221. The van der Waals surface area contributed by atoms with E-state index in [1.165, 1.54) is 0 Å². The van der Waals surface area contributed by atoms with Crippen LogP contribution in [0.25, 0.3) is 0 Å². The number of aliphatic hydroxyl groups is 2. The van der Waals surface area contributed by atoms with Crippen LogP contribution >= 0.6 is 0 Å². The zero-order valence-electron chi connectivity index (χ0n) is 10.4. The molecule has 16 heavy (non-hydrogen) atoms. The van der Waals surface area contributed by atoms with Crippen molar-refractivity contribution in [2.24, 2.45) is 10.8 Å². The van der Waals surface area contributed by atoms with Crippen molar-refractivity contribution < 1.29 is 15.0 Å². The normalized spacial score (nSPS) is 20.6. The van der Waals surface area contributed by atoms with E-state index in [4.69, 9.17) is 7.85 Å². The Morgan fingerprint density at radius 2 is 2.00 bits per heavy atom. The summed E-state index contributed by atoms with van der Waals surface area (Å²) in [4.78, 5) is 10.3. The van der Waals surface area contributed by atoms with Gasteiger partial charge in [0.1, 0.15) is 0 Å². The molecule has 0 saturated carbocycles. The maximum Gasteiger partial charge on any atom is 0.207 e. The van der Waals surface area contributed by atoms with E-state index in [0.717, 1.165) is 0 Å². The van der Waals surface area contributed by atoms with Crippen LogP contribution in [-0.4, -0.2) is 43.7 Å². The fourth-order valence-electron chi connectivity index (χ4n) is 1.79. The zero-order valence-corrected chi connectivity index (χ0v) is 10.4. The van der Waals surface area contributed by atoms with Crippen molar-refractivity contribution in [1.29, 1.82) is 0 Å². The minimum atomic E-state index is -0.771. The number of carbonyl (C=O) groups is 1. The summed E-state index contributed by atoms with van der Waals surface area (Å²) >= 11 is 0. The van der Waals surface area contributed by atoms with Crippen molar-refractivity contribution in [1.82, 2.24) is 5.32 Å². The van der Waals surface area contributed by atoms with E-state index in [-0.39, 0.29) is 12.9 Å². The minimum absolute atomic E-state index is 0.110. The largest absolute Gasteiger partial charge is 0.396 e. The van der Waals surface area contributed by atoms with Crippen LogP contribution in [-0.2, 0) is 4.79 Å². The van der Waals surface area contributed by atoms with Gasteiger partial charge >= 0.3 is 0 Å². The first-order chi connectivity index (χ1) is 7.40. The summed E-state index contributed by atoms with van der Waals surface area (Å²) in [6, 6.07) is 0. The molecule has 0 fully saturated rings. The fraction of sp³-hybridized carbons (Fsp3) is 0.909. The van der Waals surface area contributed by atoms with Crippen molar-refractivity contribution in [3.63, 3.8) is 0 Å². The summed E-state index contributed by atoms with van der Waals surface area (Å²) < 4.78 is 0. The van der Waals surface area contributed by atoms with Crippen LogP contribution in [0.4, 0.5) is 0 Å². The van der Waals surface area contributed by atoms with Crippen molar-refractivity contribution in [2.75, 3.05) is 13.2 Å². The lowest BCUT2D eigenvalue weighted by Gasteiger charge is -2.43. The third-order valence-electron chi connectivity index (χ3n) is 3.54. The number of rotatable bonds is 8. The lowest BCUT2D eigenvalue weighted by atomic mass is 9.64. The van der Waals surface area contributed by atoms with Crippen molar-refractivity contribution in [3.05, 3.63) is 0 Å². The summed E-state index contributed by atoms with van der Waals surface area (Å²) in [5.74, 6) is 0. The summed E-state index contributed by atoms with van der Waals surface area (Å²) in [5.41, 5.74) is -1.23. The molecule has 0 aromatic carbocycles. The second-order valence-electron chi connectivity index (χ2n) is 4.93. The zero-order chi connectivity index (χ0) is 12.8. The summed E-state index contributed by atoms with van der Waals surface area (Å²) in [7, 11) is 5.66. The van der Waals surface area contributed by atoms with Gasteiger partial charge in [-0.05, 0) is 6.42 Å². The van der Waals surface area contributed by atoms with Gasteiger partial charge in [-0.25, -0.2) is 0 Å². The third-order valence-corrected chi connectivity index (χ3v) is 3.54. The van der Waals surface area contributed by atoms with Gasteiger partial charge in [0.25, 0.3) is 0 Å². The molecule has 4 nitrogen and oxygen atoms in total. The average Bonchev–Trinajstić information content (AvgIpc) is 2.33. The molecule has 5 heteroatoms. The molecule has 92 valence electrons. The van der Waals surface area contributed by atoms with E-state index >= 15 is 0 Å². The van der Waals surface area contributed by atoms with Crippen molar-refractivity contribution in [3.8, 4) is 0 Å². The van der Waals surface area contributed by atoms with E-state index in [9.17, 15) is 15.0 Å². The molecule has 0 bridgehead atoms. The maximum atomic E-state index is 10.3. The Labute approximate surface area is 98.8 Å². The van der Waals surface area contributed by atoms with Crippen LogP contribution in [0.1, 0.15) is 27.2 Å². The van der Waals surface area contributed by atoms with Crippen LogP contribution in [0.3, 0.4) is 0 Å². The van der Waals surface area contributed by atoms with Gasteiger partial charge < -0.3 is 15.5 Å². The molecule has 0 aliphatic heterocycles. The molecule has 0 aromatic rings. The van der Waals surface area contributed by atoms with E-state index in [0.29, 0.717) is 19.4 Å². The monoisotopic (exact) mass is 227 g/mol. The standard InChI is InChI=1S/C11H22BNO3/c1-4-10(2,7-14)9(16)11(3,5-12)6-13-8-15/h8-9,14,16H,4-7H2,1-3H3,(H,13,15). The van der Waals surface area contributed by atoms with Crippen LogP contribution in [0.5, 0.6) is 0 Å². The van der Waals surface area contributed by atoms with Crippen LogP contribution in [0.2, 0.25) is 6.32 Å². The molecular formula is C11H22BNO3. The molecule has 3 N–H and O–H groups in total. The smallest absolute Gasteiger partial charge is 0.207 e. The number of aliphatic hydroxyl groups excluding tert-OH is 2. The quantitative estimate of drug-likeness (QED) is 0.406. The van der Waals surface area contributed by atoms with E-state index < -0.39 is 16.9 Å². The summed E-state index contributed by atoms with van der Waals surface area (Å²) in [6.45, 7) is 5.71. The molecule has 2 radical (unpaired) electrons. The Kier molecular flexibility index (Phi) is 6.04. The number of nitrogens with one attached hydrogen (secondary N) is 1. The van der Waals surface area contributed by atoms with Gasteiger partial charge in [0.05, 0.1) is 20.6 Å². The molecule has 0 aliphatic rings. The Morgan fingerprint density at radius 3 is 2.31 bits per heavy atom. The molecule has 3 unspecified atom stereocenters. The SMILES string of the molecule is [B]CC(C)(CNC=O)C(O)C(C)(CC)CO. The highest BCUT2D eigenvalue weighted by Crippen LogP contribution is 2.38. The fourth-order valence-corrected chi connectivity index (χ4v) is 1.79. The van der Waals surface area contributed by atoms with Crippen LogP contribution in [0.15, 0.2) is 0 Å². The molecule has 0 saturated heterocycles. The predicted molar refractivity (Wildman–Crippen MR) is 64.2 cm³/mol. The molecular weight excluding hydrogens is 205 g/mol. The van der Waals surface area contributed by atoms with E-state index in [2.05, 4.69) is 5.32 Å². The molecule has 0 aromatic heterocycles. The number of amides is 1. The van der Waals surface area contributed by atoms with Crippen molar-refractivity contribution >= 4 is 14.3 Å². The van der Waals surface area contributed by atoms with Crippen LogP contribution in [0, 0.1) is 10.8 Å². The van der Waals surface area contributed by atoms with Gasteiger partial charge in [-0.3, -0.25) is 4.79 Å². The first kappa shape index (κ1) is 15.5. The minimum Gasteiger partial charge on any atom is -0.396 e. The lowest BCUT2D eigenvalue weighted by Crippen LogP contribution is -2.50. The molecule has 1 amide bonds. The van der Waals surface area contributed by atoms with E-state index in [1.54, 1.807) is 6.92 Å². The van der Waals surface area contributed by atoms with Gasteiger partial charge in [-0.2, -0.15) is 0 Å². The molecule has 0 spiro atoms. The van der Waals surface area contributed by atoms with Crippen LogP contribution < -0.4 is 5.32 Å². The summed E-state index contributed by atoms with van der Waals surface area (Å²) in [6.07, 6.45) is 0.696. The first-order valence-corrected chi connectivity index (χ1v) is 5.56. The average molecular weight is 227 g/mol. The second-order valence-corrected chi connectivity index (χ2v) is 4.93. The van der Waals surface area contributed by atoms with Gasteiger partial charge in [0.2, 0.25) is 6.41 Å². The van der Waals surface area contributed by atoms with E-state index in [1.807, 2.05) is 13.8 Å². The Hall–Kier alpha value is -0.545. The molecule has 0 aliphatic carbocycles. The van der Waals surface area contributed by atoms with Gasteiger partial charge in [-0.1, -0.05) is 27.1 Å². The molecule has 3 atom stereocenters. The van der Waals surface area contributed by atoms with Gasteiger partial charge in [-0.15, -0.1) is 0 Å².